The van der Waals surface area contributed by atoms with Crippen molar-refractivity contribution in [2.75, 3.05) is 13.7 Å². The summed E-state index contributed by atoms with van der Waals surface area (Å²) in [4.78, 5) is 19.9. The third-order valence-corrected chi connectivity index (χ3v) is 8.73. The topological polar surface area (TPSA) is 92.1 Å². The zero-order valence-electron chi connectivity index (χ0n) is 23.5. The Labute approximate surface area is 264 Å². The molecule has 5 rings (SSSR count). The summed E-state index contributed by atoms with van der Waals surface area (Å²) >= 11 is 12.3. The lowest BCUT2D eigenvalue weighted by atomic mass is 9.43. The molecule has 2 aromatic carbocycles. The van der Waals surface area contributed by atoms with Gasteiger partial charge in [-0.15, -0.1) is 0 Å². The SMILES string of the molecule is [B]C([B])(O)C1(C([B])([B])O[C@]2(c3ccc(Cl)cc3)c3c(F)cc(C(C)(O)COC)cc3C(=O)N2Cc2ccc(Cl)cn2)CC1. The molecule has 0 saturated heterocycles. The highest BCUT2D eigenvalue weighted by molar-refractivity contribution is 6.45. The van der Waals surface area contributed by atoms with Gasteiger partial charge in [0.1, 0.15) is 27.1 Å². The first kappa shape index (κ1) is 32.1. The van der Waals surface area contributed by atoms with E-state index in [1.54, 1.807) is 12.1 Å². The van der Waals surface area contributed by atoms with Gasteiger partial charge < -0.3 is 19.7 Å². The summed E-state index contributed by atoms with van der Waals surface area (Å²) < 4.78 is 28.2. The van der Waals surface area contributed by atoms with Crippen LogP contribution in [0.25, 0.3) is 0 Å². The number of aliphatic hydroxyl groups is 2. The molecule has 8 radical (unpaired) electrons. The molecule has 43 heavy (non-hydrogen) atoms. The van der Waals surface area contributed by atoms with Crippen LogP contribution in [-0.2, 0) is 27.3 Å². The normalized spacial score (nSPS) is 21.0. The van der Waals surface area contributed by atoms with E-state index in [1.807, 2.05) is 0 Å². The summed E-state index contributed by atoms with van der Waals surface area (Å²) in [5, 5.41) is 17.8. The van der Waals surface area contributed by atoms with Crippen molar-refractivity contribution in [3.05, 3.63) is 98.5 Å². The number of amides is 1. The molecule has 7 nitrogen and oxygen atoms in total. The average Bonchev–Trinajstić information content (AvgIpc) is 3.72. The van der Waals surface area contributed by atoms with Crippen molar-refractivity contribution < 1.29 is 28.9 Å². The summed E-state index contributed by atoms with van der Waals surface area (Å²) in [7, 11) is 26.4. The lowest BCUT2D eigenvalue weighted by Gasteiger charge is -2.51. The van der Waals surface area contributed by atoms with Crippen LogP contribution in [0.5, 0.6) is 0 Å². The summed E-state index contributed by atoms with van der Waals surface area (Å²) in [5.41, 5.74) is -5.06. The Bertz CT molecular complexity index is 1550. The maximum Gasteiger partial charge on any atom is 0.257 e. The lowest BCUT2D eigenvalue weighted by molar-refractivity contribution is -0.169. The van der Waals surface area contributed by atoms with Crippen molar-refractivity contribution in [1.29, 1.82) is 0 Å². The van der Waals surface area contributed by atoms with Crippen LogP contribution in [0, 0.1) is 11.2 Å². The third-order valence-electron chi connectivity index (χ3n) is 8.26. The van der Waals surface area contributed by atoms with E-state index in [0.717, 1.165) is 6.07 Å². The van der Waals surface area contributed by atoms with Crippen molar-refractivity contribution in [2.45, 2.75) is 48.4 Å². The summed E-state index contributed by atoms with van der Waals surface area (Å²) in [6.45, 7) is 1.02. The molecule has 2 atom stereocenters. The predicted molar refractivity (Wildman–Crippen MR) is 163 cm³/mol. The Hall–Kier alpha value is -2.33. The molecule has 1 aliphatic heterocycles. The minimum Gasteiger partial charge on any atom is -0.409 e. The maximum absolute atomic E-state index is 16.6. The lowest BCUT2D eigenvalue weighted by Crippen LogP contribution is -2.62. The van der Waals surface area contributed by atoms with E-state index in [-0.39, 0.29) is 48.2 Å². The van der Waals surface area contributed by atoms with E-state index in [1.165, 1.54) is 55.5 Å². The van der Waals surface area contributed by atoms with Crippen LogP contribution in [0.4, 0.5) is 4.39 Å². The van der Waals surface area contributed by atoms with Crippen LogP contribution in [-0.4, -0.2) is 81.9 Å². The highest BCUT2D eigenvalue weighted by atomic mass is 35.5. The van der Waals surface area contributed by atoms with Crippen LogP contribution in [0.2, 0.25) is 10.0 Å². The molecule has 0 spiro atoms. The summed E-state index contributed by atoms with van der Waals surface area (Å²) in [6, 6.07) is 11.8. The smallest absolute Gasteiger partial charge is 0.257 e. The Morgan fingerprint density at radius 1 is 1.05 bits per heavy atom. The van der Waals surface area contributed by atoms with E-state index >= 15 is 4.39 Å². The summed E-state index contributed by atoms with van der Waals surface area (Å²) in [5.74, 6) is -1.60. The highest BCUT2D eigenvalue weighted by Gasteiger charge is 2.65. The second-order valence-electron chi connectivity index (χ2n) is 11.4. The van der Waals surface area contributed by atoms with Gasteiger partial charge in [0.15, 0.2) is 5.72 Å². The first-order valence-corrected chi connectivity index (χ1v) is 14.1. The van der Waals surface area contributed by atoms with Gasteiger partial charge in [-0.3, -0.25) is 14.7 Å². The van der Waals surface area contributed by atoms with Crippen LogP contribution >= 0.6 is 23.2 Å². The zero-order chi connectivity index (χ0) is 31.6. The van der Waals surface area contributed by atoms with Crippen LogP contribution < -0.4 is 0 Å². The van der Waals surface area contributed by atoms with E-state index < -0.39 is 39.3 Å². The fraction of sp³-hybridized carbons (Fsp3) is 0.379. The number of hydrogen-bond acceptors (Lipinski definition) is 6. The van der Waals surface area contributed by atoms with Crippen LogP contribution in [0.15, 0.2) is 54.7 Å². The van der Waals surface area contributed by atoms with Crippen LogP contribution in [0.3, 0.4) is 0 Å². The number of benzene rings is 2. The largest absolute Gasteiger partial charge is 0.409 e. The highest BCUT2D eigenvalue weighted by Crippen LogP contribution is 2.61. The second kappa shape index (κ2) is 10.9. The first-order chi connectivity index (χ1) is 20.0. The number of hydrogen-bond donors (Lipinski definition) is 2. The molecule has 2 aliphatic rings. The zero-order valence-corrected chi connectivity index (χ0v) is 25.0. The van der Waals surface area contributed by atoms with E-state index in [2.05, 4.69) is 4.98 Å². The van der Waals surface area contributed by atoms with Gasteiger partial charge in [-0.1, -0.05) is 35.3 Å². The number of aromatic nitrogens is 1. The van der Waals surface area contributed by atoms with Gasteiger partial charge in [-0.05, 0) is 72.5 Å². The molecule has 2 N–H and O–H groups in total. The monoisotopic (exact) mass is 614 g/mol. The third kappa shape index (κ3) is 5.34. The van der Waals surface area contributed by atoms with Crippen molar-refractivity contribution in [1.82, 2.24) is 9.88 Å². The minimum absolute atomic E-state index is 0.0825. The first-order valence-electron chi connectivity index (χ1n) is 13.3. The van der Waals surface area contributed by atoms with Gasteiger partial charge in [-0.2, -0.15) is 0 Å². The minimum atomic E-state index is -2.38. The second-order valence-corrected chi connectivity index (χ2v) is 12.3. The Morgan fingerprint density at radius 3 is 2.21 bits per heavy atom. The Morgan fingerprint density at radius 2 is 1.67 bits per heavy atom. The Balaban J connectivity index is 1.80. The molecule has 1 aromatic heterocycles. The molecule has 3 aromatic rings. The standard InChI is InChI=1S/C29H25B4Cl2FN2O5/c1-25(40,15-42-2)17-11-21-23(22(36)12-17)27(16-3-5-18(34)6-4-16,43-29(32,33)26(9-10-26)28(30,31)41)38(24(21)39)14-20-8-7-19(35)13-37-20/h3-8,11-13,40-41H,9-10,14-15H2,1-2H3/t25?,27-/m1/s1. The number of halogens is 3. The van der Waals surface area contributed by atoms with Crippen molar-refractivity contribution in [2.24, 2.45) is 5.41 Å². The van der Waals surface area contributed by atoms with E-state index in [0.29, 0.717) is 15.7 Å². The molecule has 214 valence electrons. The quantitative estimate of drug-likeness (QED) is 0.342. The van der Waals surface area contributed by atoms with Gasteiger partial charge in [0.05, 0.1) is 50.7 Å². The predicted octanol–water partition coefficient (Wildman–Crippen LogP) is 3.01. The van der Waals surface area contributed by atoms with Crippen molar-refractivity contribution in [3.8, 4) is 0 Å². The molecule has 1 aliphatic carbocycles. The fourth-order valence-electron chi connectivity index (χ4n) is 5.78. The molecule has 14 heteroatoms. The molecule has 1 fully saturated rings. The molecule has 1 saturated carbocycles. The number of rotatable bonds is 10. The number of ether oxygens (including phenoxy) is 2. The van der Waals surface area contributed by atoms with Gasteiger partial charge in [-0.25, -0.2) is 4.39 Å². The fourth-order valence-corrected chi connectivity index (χ4v) is 6.01. The number of fused-ring (bicyclic) bond motifs is 1. The van der Waals surface area contributed by atoms with Gasteiger partial charge in [0.25, 0.3) is 5.91 Å². The summed E-state index contributed by atoms with van der Waals surface area (Å²) in [6.07, 6.45) is 1.76. The van der Waals surface area contributed by atoms with Gasteiger partial charge >= 0.3 is 0 Å². The molecule has 1 unspecified atom stereocenters. The van der Waals surface area contributed by atoms with Gasteiger partial charge in [0.2, 0.25) is 0 Å². The Kier molecular flexibility index (Phi) is 8.15. The molecule has 2 heterocycles. The maximum atomic E-state index is 16.6. The number of pyridine rings is 1. The van der Waals surface area contributed by atoms with Crippen molar-refractivity contribution in [3.63, 3.8) is 0 Å². The number of nitrogens with zero attached hydrogens (tertiary/aromatic N) is 2. The molecule has 0 bridgehead atoms. The van der Waals surface area contributed by atoms with Crippen LogP contribution in [0.1, 0.15) is 52.5 Å². The number of methoxy groups -OCH3 is 1. The van der Waals surface area contributed by atoms with Crippen molar-refractivity contribution >= 4 is 60.5 Å². The molecular formula is C29H25B4Cl2FN2O5. The van der Waals surface area contributed by atoms with E-state index in [4.69, 9.17) is 64.1 Å². The molecular weight excluding hydrogens is 589 g/mol. The molecule has 1 amide bonds. The number of carbonyl (C=O) groups excluding carboxylic acids is 1. The van der Waals surface area contributed by atoms with Gasteiger partial charge in [0, 0.05) is 29.3 Å². The number of carbonyl (C=O) groups is 1. The van der Waals surface area contributed by atoms with E-state index in [9.17, 15) is 15.0 Å². The average molecular weight is 615 g/mol.